The standard InChI is InChI=1S/Al.ClO.O/c;1-2;/q+1;-1;. The van der Waals surface area contributed by atoms with Crippen molar-refractivity contribution in [2.45, 2.75) is 0 Å². The van der Waals surface area contributed by atoms with Crippen LogP contribution in [0.1, 0.15) is 0 Å². The summed E-state index contributed by atoms with van der Waals surface area (Å²) in [6, 6.07) is 0. The van der Waals surface area contributed by atoms with Gasteiger partial charge in [-0.2, -0.15) is 0 Å². The van der Waals surface area contributed by atoms with Gasteiger partial charge in [0, 0.05) is 0 Å². The van der Waals surface area contributed by atoms with Crippen LogP contribution in [0.25, 0.3) is 0 Å². The third-order valence-corrected chi connectivity index (χ3v) is 0.327. The van der Waals surface area contributed by atoms with E-state index in [2.05, 4.69) is 15.2 Å². The van der Waals surface area contributed by atoms with E-state index in [0.717, 1.165) is 0 Å². The van der Waals surface area contributed by atoms with Gasteiger partial charge >= 0.3 is 34.5 Å². The zero-order chi connectivity index (χ0) is 3.41. The average Bonchev–Trinajstić information content (AvgIpc) is 1.37. The van der Waals surface area contributed by atoms with Gasteiger partial charge in [0.2, 0.25) is 0 Å². The van der Waals surface area contributed by atoms with Gasteiger partial charge in [-0.05, 0) is 0 Å². The maximum absolute atomic E-state index is 9.03. The van der Waals surface area contributed by atoms with Crippen LogP contribution < -0.4 is 0 Å². The van der Waals surface area contributed by atoms with E-state index < -0.39 is 15.5 Å². The van der Waals surface area contributed by atoms with Crippen molar-refractivity contribution >= 4 is 27.4 Å². The fourth-order valence-corrected chi connectivity index (χ4v) is 0. The Hall–Kier alpha value is 0.422. The van der Waals surface area contributed by atoms with Crippen molar-refractivity contribution in [2.75, 3.05) is 0 Å². The van der Waals surface area contributed by atoms with Crippen LogP contribution in [0.5, 0.6) is 0 Å². The van der Waals surface area contributed by atoms with E-state index in [-0.39, 0.29) is 0 Å². The minimum atomic E-state index is -1.20. The van der Waals surface area contributed by atoms with Gasteiger partial charge in [-0.25, -0.2) is 0 Å². The van der Waals surface area contributed by atoms with E-state index in [0.29, 0.717) is 0 Å². The predicted octanol–water partition coefficient (Wildman–Crippen LogP) is 0.121. The zero-order valence-electron chi connectivity index (χ0n) is 1.77. The molecule has 0 heterocycles. The third kappa shape index (κ3) is 2.42. The second-order valence-corrected chi connectivity index (χ2v) is 1.09. The summed E-state index contributed by atoms with van der Waals surface area (Å²) in [5.41, 5.74) is 0. The minimum absolute atomic E-state index is 1.20. The second kappa shape index (κ2) is 3.42. The molecular weight excluding hydrogens is 94.4 g/mol. The molecule has 0 spiro atoms. The number of hydrogen-bond donors (Lipinski definition) is 0. The molecule has 0 aliphatic heterocycles. The Labute approximate surface area is 35.1 Å². The van der Waals surface area contributed by atoms with Crippen LogP contribution in [0.4, 0.5) is 0 Å². The predicted molar refractivity (Wildman–Crippen MR) is 13.4 cm³/mol. The van der Waals surface area contributed by atoms with Gasteiger partial charge in [0.25, 0.3) is 0 Å². The monoisotopic (exact) mass is 93.9 g/mol. The van der Waals surface area contributed by atoms with E-state index in [9.17, 15) is 0 Å². The zero-order valence-corrected chi connectivity index (χ0v) is 3.68. The molecule has 0 rings (SSSR count). The third-order valence-electron chi connectivity index (χ3n) is 0.0364. The van der Waals surface area contributed by atoms with Crippen molar-refractivity contribution < 1.29 is 7.14 Å². The molecule has 0 bridgehead atoms. The van der Waals surface area contributed by atoms with Crippen molar-refractivity contribution in [3.63, 3.8) is 0 Å². The molecule has 2 nitrogen and oxygen atoms in total. The van der Waals surface area contributed by atoms with Gasteiger partial charge in [-0.15, -0.1) is 0 Å². The van der Waals surface area contributed by atoms with Crippen molar-refractivity contribution in [3.8, 4) is 0 Å². The van der Waals surface area contributed by atoms with Crippen LogP contribution in [0, 0.1) is 0 Å². The first kappa shape index (κ1) is 4.42. The number of rotatable bonds is 1. The van der Waals surface area contributed by atoms with Crippen LogP contribution in [0.3, 0.4) is 0 Å². The van der Waals surface area contributed by atoms with Crippen LogP contribution in [-0.4, -0.2) is 15.5 Å². The first-order valence-electron chi connectivity index (χ1n) is 0.626. The number of hydrogen-bond acceptors (Lipinski definition) is 2. The summed E-state index contributed by atoms with van der Waals surface area (Å²) in [6.45, 7) is 0. The van der Waals surface area contributed by atoms with E-state index in [4.69, 9.17) is 3.80 Å². The van der Waals surface area contributed by atoms with E-state index in [1.807, 2.05) is 0 Å². The summed E-state index contributed by atoms with van der Waals surface area (Å²) in [5.74, 6) is 0. The first-order chi connectivity index (χ1) is 1.91. The van der Waals surface area contributed by atoms with Gasteiger partial charge < -0.3 is 0 Å². The van der Waals surface area contributed by atoms with Crippen molar-refractivity contribution in [1.29, 1.82) is 0 Å². The maximum atomic E-state index is 9.03. The Kier molecular flexibility index (Phi) is 3.78. The molecule has 22 valence electrons. The molecule has 4 heteroatoms. The molecule has 0 aliphatic rings. The molecule has 0 saturated heterocycles. The second-order valence-electron chi connectivity index (χ2n) is 0.185. The Morgan fingerprint density at radius 2 is 2.25 bits per heavy atom. The Bertz CT molecular complexity index is 20.0. The molecule has 4 heavy (non-hydrogen) atoms. The van der Waals surface area contributed by atoms with Gasteiger partial charge in [0.1, 0.15) is 0 Å². The molecule has 0 radical (unpaired) electrons. The SMILES string of the molecule is [O]=[Al][O]Cl. The fourth-order valence-electron chi connectivity index (χ4n) is 0. The molecule has 0 aromatic carbocycles. The normalized spacial score (nSPS) is 4.25. The molecule has 0 aliphatic carbocycles. The van der Waals surface area contributed by atoms with Gasteiger partial charge in [0.15, 0.2) is 0 Å². The van der Waals surface area contributed by atoms with Crippen LogP contribution >= 0.6 is 11.9 Å². The van der Waals surface area contributed by atoms with Crippen molar-refractivity contribution in [2.24, 2.45) is 0 Å². The molecule has 0 saturated carbocycles. The average molecular weight is 94.4 g/mol. The fraction of sp³-hybridized carbons (Fsp3) is 0. The Balaban J connectivity index is 2.30. The van der Waals surface area contributed by atoms with E-state index in [1.54, 1.807) is 0 Å². The number of halogens is 1. The summed E-state index contributed by atoms with van der Waals surface area (Å²) < 4.78 is 12.6. The van der Waals surface area contributed by atoms with Gasteiger partial charge in [0.05, 0.1) is 0 Å². The molecule has 0 atom stereocenters. The summed E-state index contributed by atoms with van der Waals surface area (Å²) >= 11 is 3.21. The Morgan fingerprint density at radius 1 is 2.00 bits per heavy atom. The van der Waals surface area contributed by atoms with Crippen LogP contribution in [-0.2, 0) is 7.14 Å². The van der Waals surface area contributed by atoms with Crippen LogP contribution in [0.15, 0.2) is 0 Å². The van der Waals surface area contributed by atoms with Gasteiger partial charge in [-0.3, -0.25) is 0 Å². The summed E-state index contributed by atoms with van der Waals surface area (Å²) in [5, 5.41) is 0. The molecule has 0 fully saturated rings. The van der Waals surface area contributed by atoms with E-state index in [1.165, 1.54) is 0 Å². The quantitative estimate of drug-likeness (QED) is 0.432. The van der Waals surface area contributed by atoms with Crippen LogP contribution in [0.2, 0.25) is 0 Å². The molecular formula is AlClO2. The summed E-state index contributed by atoms with van der Waals surface area (Å²) in [4.78, 5) is 0. The summed E-state index contributed by atoms with van der Waals surface area (Å²) in [6.07, 6.45) is 0. The van der Waals surface area contributed by atoms with Gasteiger partial charge in [-0.1, -0.05) is 0 Å². The Morgan fingerprint density at radius 3 is 2.25 bits per heavy atom. The van der Waals surface area contributed by atoms with Crippen molar-refractivity contribution in [1.82, 2.24) is 0 Å². The summed E-state index contributed by atoms with van der Waals surface area (Å²) in [7, 11) is 0. The molecule has 0 unspecified atom stereocenters. The molecule has 0 aromatic rings. The van der Waals surface area contributed by atoms with Crippen molar-refractivity contribution in [3.05, 3.63) is 0 Å². The molecule has 0 N–H and O–H groups in total. The molecule has 0 aromatic heterocycles. The first-order valence-corrected chi connectivity index (χ1v) is 1.88. The van der Waals surface area contributed by atoms with E-state index >= 15 is 0 Å². The topological polar surface area (TPSA) is 26.3 Å². The molecule has 0 amide bonds.